The summed E-state index contributed by atoms with van der Waals surface area (Å²) in [6.45, 7) is 5.34. The molecule has 0 aromatic heterocycles. The summed E-state index contributed by atoms with van der Waals surface area (Å²) in [5.41, 5.74) is 0. The lowest BCUT2D eigenvalue weighted by molar-refractivity contribution is 0.435. The highest BCUT2D eigenvalue weighted by Gasteiger charge is 1.70. The maximum atomic E-state index is 8.54. The van der Waals surface area contributed by atoms with Crippen LogP contribution in [0.5, 0.6) is 0 Å². The smallest absolute Gasteiger partial charge is 0.108 e. The molecule has 1 N–H and O–H groups in total. The molecule has 9 heavy (non-hydrogen) atoms. The highest BCUT2D eigenvalue weighted by atomic mass is 16.3. The standard InChI is InChI=1S/C8H12O/c1-3-4-5-6-7-8(2)9/h4-7,9H,2-3H2,1H3/b5-4-,7-6-. The summed E-state index contributed by atoms with van der Waals surface area (Å²) < 4.78 is 0. The normalized spacial score (nSPS) is 11.2. The average molecular weight is 124 g/mol. The fourth-order valence-electron chi connectivity index (χ4n) is 0.381. The summed E-state index contributed by atoms with van der Waals surface area (Å²) in [5, 5.41) is 8.54. The summed E-state index contributed by atoms with van der Waals surface area (Å²) >= 11 is 0. The van der Waals surface area contributed by atoms with E-state index >= 15 is 0 Å². The van der Waals surface area contributed by atoms with Crippen LogP contribution in [0, 0.1) is 0 Å². The highest BCUT2D eigenvalue weighted by Crippen LogP contribution is 1.86. The molecule has 1 nitrogen and oxygen atoms in total. The molecule has 0 fully saturated rings. The van der Waals surface area contributed by atoms with Crippen LogP contribution >= 0.6 is 0 Å². The Morgan fingerprint density at radius 2 is 2.22 bits per heavy atom. The fourth-order valence-corrected chi connectivity index (χ4v) is 0.381. The van der Waals surface area contributed by atoms with E-state index in [1.165, 1.54) is 0 Å². The van der Waals surface area contributed by atoms with Gasteiger partial charge in [0.2, 0.25) is 0 Å². The Morgan fingerprint density at radius 1 is 1.56 bits per heavy atom. The number of rotatable bonds is 3. The van der Waals surface area contributed by atoms with Crippen molar-refractivity contribution >= 4 is 0 Å². The molecule has 0 atom stereocenters. The topological polar surface area (TPSA) is 20.2 Å². The second-order valence-electron chi connectivity index (χ2n) is 1.69. The van der Waals surface area contributed by atoms with E-state index in [1.54, 1.807) is 12.2 Å². The van der Waals surface area contributed by atoms with Crippen LogP contribution in [-0.4, -0.2) is 5.11 Å². The predicted molar refractivity (Wildman–Crippen MR) is 40.3 cm³/mol. The molecule has 50 valence electrons. The molecule has 1 heteroatoms. The van der Waals surface area contributed by atoms with E-state index in [4.69, 9.17) is 5.11 Å². The zero-order chi connectivity index (χ0) is 7.11. The van der Waals surface area contributed by atoms with Crippen LogP contribution in [0.2, 0.25) is 0 Å². The molecular weight excluding hydrogens is 112 g/mol. The van der Waals surface area contributed by atoms with Crippen LogP contribution < -0.4 is 0 Å². The summed E-state index contributed by atoms with van der Waals surface area (Å²) in [6.07, 6.45) is 8.20. The second-order valence-corrected chi connectivity index (χ2v) is 1.69. The second kappa shape index (κ2) is 5.16. The van der Waals surface area contributed by atoms with E-state index < -0.39 is 0 Å². The minimum atomic E-state index is 0.0933. The largest absolute Gasteiger partial charge is 0.509 e. The van der Waals surface area contributed by atoms with Crippen LogP contribution in [0.1, 0.15) is 13.3 Å². The molecule has 0 bridgehead atoms. The lowest BCUT2D eigenvalue weighted by Gasteiger charge is -1.79. The van der Waals surface area contributed by atoms with Gasteiger partial charge in [0, 0.05) is 0 Å². The lowest BCUT2D eigenvalue weighted by atomic mass is 10.4. The van der Waals surface area contributed by atoms with Crippen molar-refractivity contribution in [1.29, 1.82) is 0 Å². The van der Waals surface area contributed by atoms with Crippen LogP contribution in [0.3, 0.4) is 0 Å². The van der Waals surface area contributed by atoms with E-state index in [0.717, 1.165) is 6.42 Å². The van der Waals surface area contributed by atoms with Crippen LogP contribution in [0.15, 0.2) is 36.6 Å². The monoisotopic (exact) mass is 124 g/mol. The van der Waals surface area contributed by atoms with Gasteiger partial charge in [-0.2, -0.15) is 0 Å². The summed E-state index contributed by atoms with van der Waals surface area (Å²) in [5.74, 6) is 0.0933. The van der Waals surface area contributed by atoms with Gasteiger partial charge in [-0.25, -0.2) is 0 Å². The predicted octanol–water partition coefficient (Wildman–Crippen LogP) is 2.58. The van der Waals surface area contributed by atoms with Gasteiger partial charge in [-0.3, -0.25) is 0 Å². The molecule has 0 aliphatic carbocycles. The Labute approximate surface area is 56.0 Å². The number of hydrogen-bond donors (Lipinski definition) is 1. The van der Waals surface area contributed by atoms with Crippen molar-refractivity contribution in [2.75, 3.05) is 0 Å². The van der Waals surface area contributed by atoms with Gasteiger partial charge < -0.3 is 5.11 Å². The Hall–Kier alpha value is -0.980. The third kappa shape index (κ3) is 7.02. The van der Waals surface area contributed by atoms with Gasteiger partial charge in [-0.05, 0) is 12.5 Å². The van der Waals surface area contributed by atoms with Gasteiger partial charge in [0.1, 0.15) is 5.76 Å². The van der Waals surface area contributed by atoms with Gasteiger partial charge in [-0.15, -0.1) is 0 Å². The van der Waals surface area contributed by atoms with Crippen molar-refractivity contribution in [2.45, 2.75) is 13.3 Å². The van der Waals surface area contributed by atoms with Crippen molar-refractivity contribution in [2.24, 2.45) is 0 Å². The van der Waals surface area contributed by atoms with Gasteiger partial charge >= 0.3 is 0 Å². The van der Waals surface area contributed by atoms with E-state index in [2.05, 4.69) is 13.5 Å². The van der Waals surface area contributed by atoms with Gasteiger partial charge in [0.05, 0.1) is 0 Å². The molecule has 0 spiro atoms. The summed E-state index contributed by atoms with van der Waals surface area (Å²) in [4.78, 5) is 0. The van der Waals surface area contributed by atoms with Gasteiger partial charge in [-0.1, -0.05) is 31.7 Å². The molecule has 0 rings (SSSR count). The molecular formula is C8H12O. The molecule has 0 saturated heterocycles. The number of aliphatic hydroxyl groups is 1. The highest BCUT2D eigenvalue weighted by molar-refractivity contribution is 5.12. The van der Waals surface area contributed by atoms with Crippen LogP contribution in [0.25, 0.3) is 0 Å². The van der Waals surface area contributed by atoms with E-state index in [-0.39, 0.29) is 5.76 Å². The van der Waals surface area contributed by atoms with Crippen molar-refractivity contribution < 1.29 is 5.11 Å². The SMILES string of the molecule is C=C(O)/C=C\C=C/CC. The first-order valence-corrected chi connectivity index (χ1v) is 2.98. The molecule has 0 aromatic carbocycles. The Kier molecular flexibility index (Phi) is 4.60. The molecule has 0 heterocycles. The average Bonchev–Trinajstić information content (AvgIpc) is 1.80. The Bertz CT molecular complexity index is 132. The molecule has 0 aliphatic heterocycles. The van der Waals surface area contributed by atoms with Crippen molar-refractivity contribution in [3.05, 3.63) is 36.6 Å². The van der Waals surface area contributed by atoms with Gasteiger partial charge in [0.15, 0.2) is 0 Å². The molecule has 0 radical (unpaired) electrons. The number of allylic oxidation sites excluding steroid dienone is 4. The quantitative estimate of drug-likeness (QED) is 0.453. The van der Waals surface area contributed by atoms with Crippen molar-refractivity contribution in [1.82, 2.24) is 0 Å². The molecule has 0 unspecified atom stereocenters. The first kappa shape index (κ1) is 8.02. The molecule has 0 saturated carbocycles. The number of aliphatic hydroxyl groups excluding tert-OH is 1. The summed E-state index contributed by atoms with van der Waals surface area (Å²) in [7, 11) is 0. The van der Waals surface area contributed by atoms with Crippen LogP contribution in [0.4, 0.5) is 0 Å². The molecule has 0 aliphatic rings. The molecule has 0 aromatic rings. The fraction of sp³-hybridized carbons (Fsp3) is 0.250. The molecule has 0 amide bonds. The third-order valence-corrected chi connectivity index (χ3v) is 0.772. The number of hydrogen-bond acceptors (Lipinski definition) is 1. The van der Waals surface area contributed by atoms with Crippen molar-refractivity contribution in [3.8, 4) is 0 Å². The maximum absolute atomic E-state index is 8.54. The Balaban J connectivity index is 3.47. The zero-order valence-electron chi connectivity index (χ0n) is 5.67. The summed E-state index contributed by atoms with van der Waals surface area (Å²) in [6, 6.07) is 0. The Morgan fingerprint density at radius 3 is 2.67 bits per heavy atom. The minimum Gasteiger partial charge on any atom is -0.509 e. The zero-order valence-corrected chi connectivity index (χ0v) is 5.67. The van der Waals surface area contributed by atoms with E-state index in [9.17, 15) is 0 Å². The van der Waals surface area contributed by atoms with E-state index in [1.807, 2.05) is 12.2 Å². The minimum absolute atomic E-state index is 0.0933. The first-order valence-electron chi connectivity index (χ1n) is 2.98. The van der Waals surface area contributed by atoms with E-state index in [0.29, 0.717) is 0 Å². The first-order chi connectivity index (χ1) is 4.27. The van der Waals surface area contributed by atoms with Crippen LogP contribution in [-0.2, 0) is 0 Å². The lowest BCUT2D eigenvalue weighted by Crippen LogP contribution is -1.64. The van der Waals surface area contributed by atoms with Gasteiger partial charge in [0.25, 0.3) is 0 Å². The van der Waals surface area contributed by atoms with Crippen molar-refractivity contribution in [3.63, 3.8) is 0 Å². The third-order valence-electron chi connectivity index (χ3n) is 0.772. The maximum Gasteiger partial charge on any atom is 0.108 e.